The Balaban J connectivity index is 2.71. The van der Waals surface area contributed by atoms with Crippen LogP contribution >= 0.6 is 0 Å². The number of hydrogen-bond acceptors (Lipinski definition) is 0. The summed E-state index contributed by atoms with van der Waals surface area (Å²) in [6.07, 6.45) is 8.02. The smallest absolute Gasteiger partial charge is 0.0185 e. The summed E-state index contributed by atoms with van der Waals surface area (Å²) in [7, 11) is 0. The van der Waals surface area contributed by atoms with Crippen LogP contribution in [0, 0.1) is 12.8 Å². The molecule has 15 heavy (non-hydrogen) atoms. The van der Waals surface area contributed by atoms with Crippen LogP contribution in [0.1, 0.15) is 25.8 Å². The molecule has 0 spiro atoms. The van der Waals surface area contributed by atoms with Gasteiger partial charge in [-0.05, 0) is 42.2 Å². The van der Waals surface area contributed by atoms with Gasteiger partial charge in [-0.15, -0.1) is 0 Å². The molecule has 1 unspecified atom stereocenters. The molecule has 0 nitrogen and oxygen atoms in total. The molecule has 1 aliphatic carbocycles. The molecule has 1 aliphatic rings. The van der Waals surface area contributed by atoms with Crippen LogP contribution in [0.2, 0.25) is 0 Å². The minimum absolute atomic E-state index is 0.661. The first-order valence-corrected chi connectivity index (χ1v) is 5.63. The molecule has 0 aliphatic heterocycles. The van der Waals surface area contributed by atoms with E-state index < -0.39 is 0 Å². The van der Waals surface area contributed by atoms with Gasteiger partial charge in [0.15, 0.2) is 0 Å². The minimum Gasteiger partial charge on any atom is -0.0758 e. The Morgan fingerprint density at radius 2 is 1.93 bits per heavy atom. The minimum atomic E-state index is 0.661. The number of hydrogen-bond donors (Lipinski definition) is 0. The van der Waals surface area contributed by atoms with Crippen molar-refractivity contribution in [3.63, 3.8) is 0 Å². The third kappa shape index (κ3) is 2.04. The fourth-order valence-electron chi connectivity index (χ4n) is 1.99. The summed E-state index contributed by atoms with van der Waals surface area (Å²) in [5.74, 6) is 0.661. The van der Waals surface area contributed by atoms with E-state index in [9.17, 15) is 0 Å². The zero-order chi connectivity index (χ0) is 10.8. The maximum absolute atomic E-state index is 2.38. The predicted octanol–water partition coefficient (Wildman–Crippen LogP) is 2.54. The normalized spacial score (nSPS) is 28.2. The third-order valence-electron chi connectivity index (χ3n) is 3.34. The molecule has 2 rings (SSSR count). The molecule has 0 radical (unpaired) electrons. The molecular formula is C15H18. The number of fused-ring (bicyclic) bond motifs is 1. The third-order valence-corrected chi connectivity index (χ3v) is 3.34. The van der Waals surface area contributed by atoms with E-state index in [1.807, 2.05) is 0 Å². The summed E-state index contributed by atoms with van der Waals surface area (Å²) in [4.78, 5) is 0. The molecule has 1 aromatic carbocycles. The van der Waals surface area contributed by atoms with Gasteiger partial charge in [0.25, 0.3) is 0 Å². The fourth-order valence-corrected chi connectivity index (χ4v) is 1.99. The highest BCUT2D eigenvalue weighted by Crippen LogP contribution is 2.15. The summed E-state index contributed by atoms with van der Waals surface area (Å²) in [5, 5.41) is 2.76. The Morgan fingerprint density at radius 1 is 1.13 bits per heavy atom. The quantitative estimate of drug-likeness (QED) is 0.601. The van der Waals surface area contributed by atoms with Crippen molar-refractivity contribution >= 4 is 12.2 Å². The molecule has 0 saturated heterocycles. The summed E-state index contributed by atoms with van der Waals surface area (Å²) in [6.45, 7) is 6.70. The largest absolute Gasteiger partial charge is 0.0758 e. The molecule has 0 amide bonds. The zero-order valence-corrected chi connectivity index (χ0v) is 9.75. The van der Waals surface area contributed by atoms with Gasteiger partial charge in [-0.25, -0.2) is 0 Å². The predicted molar refractivity (Wildman–Crippen MR) is 66.9 cm³/mol. The number of rotatable bonds is 0. The first kappa shape index (κ1) is 10.2. The maximum Gasteiger partial charge on any atom is -0.0185 e. The number of benzene rings is 1. The molecule has 0 saturated carbocycles. The van der Waals surface area contributed by atoms with Gasteiger partial charge in [-0.3, -0.25) is 0 Å². The van der Waals surface area contributed by atoms with Crippen molar-refractivity contribution in [1.82, 2.24) is 0 Å². The van der Waals surface area contributed by atoms with Gasteiger partial charge in [0.2, 0.25) is 0 Å². The molecule has 0 heterocycles. The van der Waals surface area contributed by atoms with Crippen LogP contribution in [0.4, 0.5) is 0 Å². The van der Waals surface area contributed by atoms with Crippen molar-refractivity contribution in [2.75, 3.05) is 0 Å². The van der Waals surface area contributed by atoms with E-state index in [4.69, 9.17) is 0 Å². The van der Waals surface area contributed by atoms with Crippen molar-refractivity contribution in [1.29, 1.82) is 0 Å². The average Bonchev–Trinajstić information content (AvgIpc) is 2.22. The fraction of sp³-hybridized carbons (Fsp3) is 0.333. The monoisotopic (exact) mass is 198 g/mol. The first-order chi connectivity index (χ1) is 7.18. The highest BCUT2D eigenvalue weighted by molar-refractivity contribution is 5.45. The molecule has 1 aromatic rings. The van der Waals surface area contributed by atoms with Gasteiger partial charge >= 0.3 is 0 Å². The Labute approximate surface area is 91.6 Å². The van der Waals surface area contributed by atoms with E-state index in [1.54, 1.807) is 0 Å². The van der Waals surface area contributed by atoms with Crippen molar-refractivity contribution in [2.45, 2.75) is 27.2 Å². The summed E-state index contributed by atoms with van der Waals surface area (Å²) >= 11 is 0. The van der Waals surface area contributed by atoms with Gasteiger partial charge in [0, 0.05) is 0 Å². The van der Waals surface area contributed by atoms with Gasteiger partial charge < -0.3 is 0 Å². The Morgan fingerprint density at radius 3 is 2.73 bits per heavy atom. The lowest BCUT2D eigenvalue weighted by molar-refractivity contribution is 0.713. The van der Waals surface area contributed by atoms with E-state index >= 15 is 0 Å². The van der Waals surface area contributed by atoms with Crippen LogP contribution in [-0.4, -0.2) is 0 Å². The topological polar surface area (TPSA) is 0 Å². The van der Waals surface area contributed by atoms with E-state index in [1.165, 1.54) is 21.6 Å². The van der Waals surface area contributed by atoms with Gasteiger partial charge in [0.1, 0.15) is 0 Å². The standard InChI is InChI=1S/C15H18/c1-11-7-9-14-6-4-5-13(3)15(14)10-8-12(11)2/h4-7,9-10,12H,8H2,1-3H3/b11-7-,14-9-,15-10+. The molecule has 0 aromatic heterocycles. The van der Waals surface area contributed by atoms with Crippen LogP contribution in [0.3, 0.4) is 0 Å². The lowest BCUT2D eigenvalue weighted by atomic mass is 9.95. The Kier molecular flexibility index (Phi) is 2.77. The van der Waals surface area contributed by atoms with E-state index in [-0.39, 0.29) is 0 Å². The molecular weight excluding hydrogens is 180 g/mol. The highest BCUT2D eigenvalue weighted by atomic mass is 14.1. The SMILES string of the molecule is C/C1=C/C=c2/cccc(C)/c2=C\CC1C. The van der Waals surface area contributed by atoms with Crippen molar-refractivity contribution in [2.24, 2.45) is 5.92 Å². The van der Waals surface area contributed by atoms with Crippen LogP contribution in [0.5, 0.6) is 0 Å². The maximum atomic E-state index is 2.38. The molecule has 0 N–H and O–H groups in total. The molecule has 0 bridgehead atoms. The van der Waals surface area contributed by atoms with Gasteiger partial charge in [-0.2, -0.15) is 0 Å². The van der Waals surface area contributed by atoms with Crippen LogP contribution in [0.15, 0.2) is 29.8 Å². The average molecular weight is 198 g/mol. The lowest BCUT2D eigenvalue weighted by Gasteiger charge is -2.11. The van der Waals surface area contributed by atoms with Crippen LogP contribution < -0.4 is 10.4 Å². The first-order valence-electron chi connectivity index (χ1n) is 5.63. The van der Waals surface area contributed by atoms with Crippen molar-refractivity contribution < 1.29 is 0 Å². The van der Waals surface area contributed by atoms with Crippen LogP contribution in [0.25, 0.3) is 12.2 Å². The van der Waals surface area contributed by atoms with E-state index in [0.717, 1.165) is 6.42 Å². The van der Waals surface area contributed by atoms with Crippen molar-refractivity contribution in [3.8, 4) is 0 Å². The van der Waals surface area contributed by atoms with Gasteiger partial charge in [-0.1, -0.05) is 48.9 Å². The Hall–Kier alpha value is -1.30. The zero-order valence-electron chi connectivity index (χ0n) is 9.75. The molecule has 0 fully saturated rings. The summed E-state index contributed by atoms with van der Waals surface area (Å²) in [6, 6.07) is 6.51. The second-order valence-electron chi connectivity index (χ2n) is 4.50. The van der Waals surface area contributed by atoms with Crippen LogP contribution in [-0.2, 0) is 0 Å². The van der Waals surface area contributed by atoms with E-state index in [2.05, 4.69) is 57.2 Å². The number of aryl methyl sites for hydroxylation is 1. The second-order valence-corrected chi connectivity index (χ2v) is 4.50. The van der Waals surface area contributed by atoms with Crippen molar-refractivity contribution in [3.05, 3.63) is 45.8 Å². The lowest BCUT2D eigenvalue weighted by Crippen LogP contribution is -2.27. The molecule has 78 valence electrons. The summed E-state index contributed by atoms with van der Waals surface area (Å²) in [5.41, 5.74) is 2.85. The molecule has 0 heteroatoms. The van der Waals surface area contributed by atoms with E-state index in [0.29, 0.717) is 5.92 Å². The second kappa shape index (κ2) is 4.06. The van der Waals surface area contributed by atoms with Gasteiger partial charge in [0.05, 0.1) is 0 Å². The molecule has 1 atom stereocenters. The number of allylic oxidation sites excluding steroid dienone is 2. The Bertz CT molecular complexity index is 503. The summed E-state index contributed by atoms with van der Waals surface area (Å²) < 4.78 is 0. The highest BCUT2D eigenvalue weighted by Gasteiger charge is 2.03.